The molecular formula is C26H25N3O5. The maximum Gasteiger partial charge on any atom is 0.262 e. The van der Waals surface area contributed by atoms with Crippen molar-refractivity contribution in [3.63, 3.8) is 0 Å². The maximum atomic E-state index is 12.7. The molecule has 3 N–H and O–H groups in total. The number of Topliss-reactive ketones (excluding diaryl/α,β-unsaturated/α-hetero) is 1. The van der Waals surface area contributed by atoms with Gasteiger partial charge in [0, 0.05) is 24.1 Å². The summed E-state index contributed by atoms with van der Waals surface area (Å²) in [6.07, 6.45) is 1.66. The minimum Gasteiger partial charge on any atom is -0.493 e. The molecule has 0 saturated carbocycles. The highest BCUT2D eigenvalue weighted by atomic mass is 16.5. The molecular weight excluding hydrogens is 434 g/mol. The molecule has 8 heteroatoms. The molecule has 1 atom stereocenters. The Morgan fingerprint density at radius 1 is 1.21 bits per heavy atom. The summed E-state index contributed by atoms with van der Waals surface area (Å²) in [4.78, 5) is 25.0. The monoisotopic (exact) mass is 459 g/mol. The van der Waals surface area contributed by atoms with Gasteiger partial charge in [-0.2, -0.15) is 5.26 Å². The lowest BCUT2D eigenvalue weighted by molar-refractivity contribution is -0.118. The van der Waals surface area contributed by atoms with Crippen molar-refractivity contribution in [3.8, 4) is 17.6 Å². The Balaban J connectivity index is 1.56. The topological polar surface area (TPSA) is 124 Å². The number of hydrogen-bond acceptors (Lipinski definition) is 7. The molecule has 0 fully saturated rings. The average Bonchev–Trinajstić information content (AvgIpc) is 2.83. The molecule has 1 heterocycles. The van der Waals surface area contributed by atoms with Gasteiger partial charge in [0.05, 0.1) is 13.0 Å². The Morgan fingerprint density at radius 2 is 1.97 bits per heavy atom. The molecule has 174 valence electrons. The molecule has 2 aromatic rings. The van der Waals surface area contributed by atoms with Gasteiger partial charge in [0.15, 0.2) is 23.9 Å². The molecule has 0 spiro atoms. The Labute approximate surface area is 197 Å². The Morgan fingerprint density at radius 3 is 2.68 bits per heavy atom. The number of ether oxygens (including phenoxy) is 3. The van der Waals surface area contributed by atoms with Gasteiger partial charge in [-0.05, 0) is 43.2 Å². The molecule has 34 heavy (non-hydrogen) atoms. The number of methoxy groups -OCH3 is 1. The van der Waals surface area contributed by atoms with Crippen LogP contribution in [0.25, 0.3) is 0 Å². The van der Waals surface area contributed by atoms with Gasteiger partial charge >= 0.3 is 0 Å². The van der Waals surface area contributed by atoms with E-state index in [2.05, 4.69) is 11.4 Å². The van der Waals surface area contributed by atoms with Crippen molar-refractivity contribution in [2.45, 2.75) is 32.1 Å². The molecule has 2 aliphatic rings. The third-order valence-electron chi connectivity index (χ3n) is 5.82. The predicted octanol–water partition coefficient (Wildman–Crippen LogP) is 3.84. The van der Waals surface area contributed by atoms with Crippen LogP contribution >= 0.6 is 0 Å². The number of carbonyl (C=O) groups is 2. The first-order valence-electron chi connectivity index (χ1n) is 10.9. The number of anilines is 1. The van der Waals surface area contributed by atoms with Crippen LogP contribution in [-0.4, -0.2) is 25.4 Å². The smallest absolute Gasteiger partial charge is 0.262 e. The summed E-state index contributed by atoms with van der Waals surface area (Å²) in [6.45, 7) is 1.75. The standard InChI is InChI=1S/C26H25N3O5/c1-15-6-9-17(10-7-15)29-23(31)14-33-20-11-8-16(12-22(20)32-2)24-18(13-27)26(28)34-21-5-3-4-19(30)25(21)24/h6-12,24H,3-5,14,28H2,1-2H3,(H,29,31). The lowest BCUT2D eigenvalue weighted by Gasteiger charge is -2.31. The van der Waals surface area contributed by atoms with Crippen LogP contribution in [0.4, 0.5) is 5.69 Å². The summed E-state index contributed by atoms with van der Waals surface area (Å²) >= 11 is 0. The Bertz CT molecular complexity index is 1240. The number of aryl methyl sites for hydroxylation is 1. The van der Waals surface area contributed by atoms with Crippen LogP contribution in [0, 0.1) is 18.3 Å². The number of nitrogens with zero attached hydrogens (tertiary/aromatic N) is 1. The molecule has 8 nitrogen and oxygen atoms in total. The summed E-state index contributed by atoms with van der Waals surface area (Å²) in [5.41, 5.74) is 9.08. The zero-order valence-electron chi connectivity index (χ0n) is 19.0. The molecule has 0 radical (unpaired) electrons. The Kier molecular flexibility index (Phi) is 6.55. The van der Waals surface area contributed by atoms with E-state index in [0.29, 0.717) is 53.3 Å². The lowest BCUT2D eigenvalue weighted by Crippen LogP contribution is -2.27. The number of nitrogens with two attached hydrogens (primary N) is 1. The number of rotatable bonds is 6. The second kappa shape index (κ2) is 9.71. The fourth-order valence-electron chi connectivity index (χ4n) is 4.15. The molecule has 0 aromatic heterocycles. The third-order valence-corrected chi connectivity index (χ3v) is 5.82. The molecule has 1 aliphatic heterocycles. The lowest BCUT2D eigenvalue weighted by atomic mass is 9.77. The van der Waals surface area contributed by atoms with Crippen molar-refractivity contribution < 1.29 is 23.8 Å². The highest BCUT2D eigenvalue weighted by Gasteiger charge is 2.38. The molecule has 0 bridgehead atoms. The normalized spacial score (nSPS) is 17.4. The van der Waals surface area contributed by atoms with Crippen LogP contribution in [0.1, 0.15) is 36.3 Å². The summed E-state index contributed by atoms with van der Waals surface area (Å²) in [6, 6.07) is 14.6. The summed E-state index contributed by atoms with van der Waals surface area (Å²) < 4.78 is 16.8. The van der Waals surface area contributed by atoms with Gasteiger partial charge < -0.3 is 25.3 Å². The van der Waals surface area contributed by atoms with Gasteiger partial charge in [0.1, 0.15) is 17.4 Å². The SMILES string of the molecule is COc1cc(C2C(C#N)=C(N)OC3=C2C(=O)CCC3)ccc1OCC(=O)Nc1ccc(C)cc1. The van der Waals surface area contributed by atoms with Gasteiger partial charge in [0.25, 0.3) is 5.91 Å². The van der Waals surface area contributed by atoms with Gasteiger partial charge in [-0.15, -0.1) is 0 Å². The Hall–Kier alpha value is -4.25. The van der Waals surface area contributed by atoms with Gasteiger partial charge in [0.2, 0.25) is 5.88 Å². The van der Waals surface area contributed by atoms with Crippen molar-refractivity contribution >= 4 is 17.4 Å². The van der Waals surface area contributed by atoms with Crippen LogP contribution < -0.4 is 20.5 Å². The first-order valence-corrected chi connectivity index (χ1v) is 10.9. The zero-order chi connectivity index (χ0) is 24.2. The van der Waals surface area contributed by atoms with Crippen molar-refractivity contribution in [1.82, 2.24) is 0 Å². The van der Waals surface area contributed by atoms with Crippen LogP contribution in [0.5, 0.6) is 11.5 Å². The van der Waals surface area contributed by atoms with Crippen LogP contribution in [-0.2, 0) is 14.3 Å². The number of ketones is 1. The van der Waals surface area contributed by atoms with E-state index in [1.54, 1.807) is 18.2 Å². The molecule has 1 unspecified atom stereocenters. The van der Waals surface area contributed by atoms with Crippen molar-refractivity contribution in [2.75, 3.05) is 19.0 Å². The minimum absolute atomic E-state index is 0.00743. The van der Waals surface area contributed by atoms with E-state index < -0.39 is 5.92 Å². The molecule has 0 saturated heterocycles. The second-order valence-corrected chi connectivity index (χ2v) is 8.15. The first kappa shape index (κ1) is 22.9. The predicted molar refractivity (Wildman–Crippen MR) is 125 cm³/mol. The number of nitriles is 1. The molecule has 1 amide bonds. The summed E-state index contributed by atoms with van der Waals surface area (Å²) in [5.74, 6) is 0.237. The zero-order valence-corrected chi connectivity index (χ0v) is 19.0. The van der Waals surface area contributed by atoms with Gasteiger partial charge in [-0.25, -0.2) is 0 Å². The van der Waals surface area contributed by atoms with E-state index in [0.717, 1.165) is 5.56 Å². The highest BCUT2D eigenvalue weighted by Crippen LogP contribution is 2.45. The molecule has 1 aliphatic carbocycles. The summed E-state index contributed by atoms with van der Waals surface area (Å²) in [7, 11) is 1.48. The van der Waals surface area contributed by atoms with E-state index in [9.17, 15) is 14.9 Å². The van der Waals surface area contributed by atoms with Gasteiger partial charge in [-0.1, -0.05) is 23.8 Å². The molecule has 4 rings (SSSR count). The van der Waals surface area contributed by atoms with Crippen molar-refractivity contribution in [1.29, 1.82) is 5.26 Å². The van der Waals surface area contributed by atoms with Gasteiger partial charge in [-0.3, -0.25) is 9.59 Å². The van der Waals surface area contributed by atoms with E-state index in [1.807, 2.05) is 31.2 Å². The fraction of sp³-hybridized carbons (Fsp3) is 0.269. The number of amides is 1. The minimum atomic E-state index is -0.644. The second-order valence-electron chi connectivity index (χ2n) is 8.15. The van der Waals surface area contributed by atoms with E-state index in [-0.39, 0.29) is 29.8 Å². The van der Waals surface area contributed by atoms with E-state index in [4.69, 9.17) is 19.9 Å². The largest absolute Gasteiger partial charge is 0.493 e. The van der Waals surface area contributed by atoms with Crippen molar-refractivity contribution in [2.24, 2.45) is 5.73 Å². The maximum absolute atomic E-state index is 12.7. The first-order chi connectivity index (χ1) is 16.4. The number of allylic oxidation sites excluding steroid dienone is 3. The summed E-state index contributed by atoms with van der Waals surface area (Å²) in [5, 5.41) is 12.5. The quantitative estimate of drug-likeness (QED) is 0.673. The highest BCUT2D eigenvalue weighted by molar-refractivity contribution is 5.99. The third kappa shape index (κ3) is 4.59. The number of carbonyl (C=O) groups excluding carboxylic acids is 2. The van der Waals surface area contributed by atoms with Crippen LogP contribution in [0.15, 0.2) is 65.3 Å². The average molecular weight is 460 g/mol. The van der Waals surface area contributed by atoms with E-state index in [1.165, 1.54) is 7.11 Å². The van der Waals surface area contributed by atoms with E-state index >= 15 is 0 Å². The van der Waals surface area contributed by atoms with Crippen LogP contribution in [0.3, 0.4) is 0 Å². The molecule has 2 aromatic carbocycles. The number of nitrogens with one attached hydrogen (secondary N) is 1. The number of hydrogen-bond donors (Lipinski definition) is 2. The van der Waals surface area contributed by atoms with Crippen LogP contribution in [0.2, 0.25) is 0 Å². The van der Waals surface area contributed by atoms with Crippen molar-refractivity contribution in [3.05, 3.63) is 76.4 Å². The number of benzene rings is 2. The fourth-order valence-corrected chi connectivity index (χ4v) is 4.15.